The van der Waals surface area contributed by atoms with Gasteiger partial charge in [-0.15, -0.1) is 11.8 Å². The van der Waals surface area contributed by atoms with Crippen LogP contribution in [0, 0.1) is 0 Å². The average Bonchev–Trinajstić information content (AvgIpc) is 2.69. The van der Waals surface area contributed by atoms with E-state index < -0.39 is 0 Å². The van der Waals surface area contributed by atoms with Gasteiger partial charge >= 0.3 is 0 Å². The molecule has 8 heteroatoms. The lowest BCUT2D eigenvalue weighted by atomic mass is 10.2. The number of thioether (sulfide) groups is 2. The summed E-state index contributed by atoms with van der Waals surface area (Å²) in [7, 11) is 3.19. The van der Waals surface area contributed by atoms with Gasteiger partial charge in [-0.1, -0.05) is 29.3 Å². The predicted molar refractivity (Wildman–Crippen MR) is 120 cm³/mol. The van der Waals surface area contributed by atoms with Crippen LogP contribution < -0.4 is 14.8 Å². The first-order valence-electron chi connectivity index (χ1n) is 8.63. The summed E-state index contributed by atoms with van der Waals surface area (Å²) in [6.07, 6.45) is 0. The molecule has 4 nitrogen and oxygen atoms in total. The van der Waals surface area contributed by atoms with Crippen LogP contribution in [0.1, 0.15) is 12.5 Å². The van der Waals surface area contributed by atoms with Crippen LogP contribution in [0.25, 0.3) is 0 Å². The molecule has 0 aliphatic carbocycles. The highest BCUT2D eigenvalue weighted by Crippen LogP contribution is 2.33. The van der Waals surface area contributed by atoms with E-state index >= 15 is 0 Å². The van der Waals surface area contributed by atoms with Crippen LogP contribution in [0.5, 0.6) is 11.5 Å². The molecular weight excluding hydrogens is 437 g/mol. The Morgan fingerprint density at radius 1 is 1.11 bits per heavy atom. The second-order valence-corrected chi connectivity index (χ2v) is 9.15. The summed E-state index contributed by atoms with van der Waals surface area (Å²) in [4.78, 5) is 13.3. The molecular formula is C20H23Cl2NO3S2. The lowest BCUT2D eigenvalue weighted by molar-refractivity contribution is -0.120. The van der Waals surface area contributed by atoms with E-state index in [1.54, 1.807) is 26.0 Å². The highest BCUT2D eigenvalue weighted by molar-refractivity contribution is 8.00. The van der Waals surface area contributed by atoms with Gasteiger partial charge < -0.3 is 14.8 Å². The van der Waals surface area contributed by atoms with Gasteiger partial charge in [0.25, 0.3) is 0 Å². The Balaban J connectivity index is 1.75. The molecule has 0 aromatic heterocycles. The number of ether oxygens (including phenoxy) is 2. The molecule has 1 amide bonds. The summed E-state index contributed by atoms with van der Waals surface area (Å²) in [6.45, 7) is 2.47. The molecule has 0 bridgehead atoms. The molecule has 0 unspecified atom stereocenters. The van der Waals surface area contributed by atoms with Gasteiger partial charge in [-0.2, -0.15) is 11.8 Å². The van der Waals surface area contributed by atoms with E-state index in [2.05, 4.69) is 5.32 Å². The molecule has 2 rings (SSSR count). The zero-order chi connectivity index (χ0) is 20.5. The molecule has 0 aliphatic rings. The van der Waals surface area contributed by atoms with Crippen LogP contribution in [0.2, 0.25) is 10.0 Å². The fourth-order valence-corrected chi connectivity index (χ4v) is 4.90. The van der Waals surface area contributed by atoms with Gasteiger partial charge in [0.1, 0.15) is 0 Å². The van der Waals surface area contributed by atoms with E-state index in [4.69, 9.17) is 32.7 Å². The van der Waals surface area contributed by atoms with Crippen LogP contribution in [0.3, 0.4) is 0 Å². The number of carbonyl (C=O) groups is 1. The Hall–Kier alpha value is -1.21. The normalized spacial score (nSPS) is 11.8. The van der Waals surface area contributed by atoms with E-state index in [9.17, 15) is 4.79 Å². The minimum atomic E-state index is -0.221. The van der Waals surface area contributed by atoms with Gasteiger partial charge in [-0.3, -0.25) is 4.79 Å². The summed E-state index contributed by atoms with van der Waals surface area (Å²) in [5.41, 5.74) is 0.930. The van der Waals surface area contributed by atoms with Crippen molar-refractivity contribution in [1.82, 2.24) is 5.32 Å². The molecule has 1 atom stereocenters. The van der Waals surface area contributed by atoms with E-state index in [1.165, 1.54) is 11.8 Å². The van der Waals surface area contributed by atoms with E-state index in [0.29, 0.717) is 33.8 Å². The topological polar surface area (TPSA) is 47.6 Å². The molecule has 2 aromatic carbocycles. The van der Waals surface area contributed by atoms with Gasteiger partial charge in [0, 0.05) is 33.0 Å². The van der Waals surface area contributed by atoms with Crippen LogP contribution >= 0.6 is 46.7 Å². The number of amides is 1. The Morgan fingerprint density at radius 3 is 2.43 bits per heavy atom. The summed E-state index contributed by atoms with van der Waals surface area (Å²) in [6, 6.07) is 11.1. The van der Waals surface area contributed by atoms with E-state index in [-0.39, 0.29) is 11.2 Å². The average molecular weight is 460 g/mol. The second kappa shape index (κ2) is 11.7. The predicted octanol–water partition coefficient (Wildman–Crippen LogP) is 5.54. The summed E-state index contributed by atoms with van der Waals surface area (Å²) >= 11 is 15.5. The van der Waals surface area contributed by atoms with Gasteiger partial charge in [0.05, 0.1) is 19.5 Å². The Labute approximate surface area is 184 Å². The number of carbonyl (C=O) groups excluding carboxylic acids is 1. The molecule has 2 aromatic rings. The Kier molecular flexibility index (Phi) is 9.65. The SMILES string of the molecule is COc1ccc(S[C@@H](C)C(=O)NCCSCc2c(Cl)cccc2Cl)cc1OC. The number of rotatable bonds is 10. The van der Waals surface area contributed by atoms with Crippen LogP contribution in [0.15, 0.2) is 41.3 Å². The Bertz CT molecular complexity index is 785. The number of halogens is 2. The van der Waals surface area contributed by atoms with Crippen molar-refractivity contribution in [3.8, 4) is 11.5 Å². The number of nitrogens with one attached hydrogen (secondary N) is 1. The molecule has 0 saturated heterocycles. The van der Waals surface area contributed by atoms with Crippen molar-refractivity contribution in [3.63, 3.8) is 0 Å². The van der Waals surface area contributed by atoms with Crippen molar-refractivity contribution in [2.24, 2.45) is 0 Å². The Morgan fingerprint density at radius 2 is 1.79 bits per heavy atom. The number of methoxy groups -OCH3 is 2. The second-order valence-electron chi connectivity index (χ2n) is 5.82. The first-order chi connectivity index (χ1) is 13.5. The minimum absolute atomic E-state index is 0.00355. The third kappa shape index (κ3) is 6.69. The van der Waals surface area contributed by atoms with Crippen molar-refractivity contribution in [2.75, 3.05) is 26.5 Å². The van der Waals surface area contributed by atoms with Crippen molar-refractivity contribution in [1.29, 1.82) is 0 Å². The van der Waals surface area contributed by atoms with Crippen molar-refractivity contribution in [2.45, 2.75) is 22.8 Å². The highest BCUT2D eigenvalue weighted by atomic mass is 35.5. The fourth-order valence-electron chi connectivity index (χ4n) is 2.38. The lowest BCUT2D eigenvalue weighted by Gasteiger charge is -2.14. The third-order valence-electron chi connectivity index (χ3n) is 3.89. The largest absolute Gasteiger partial charge is 0.493 e. The number of benzene rings is 2. The molecule has 0 aliphatic heterocycles. The van der Waals surface area contributed by atoms with Gasteiger partial charge in [0.2, 0.25) is 5.91 Å². The van der Waals surface area contributed by atoms with Crippen LogP contribution in [-0.4, -0.2) is 37.7 Å². The maximum Gasteiger partial charge on any atom is 0.233 e. The fraction of sp³-hybridized carbons (Fsp3) is 0.350. The maximum absolute atomic E-state index is 12.3. The smallest absolute Gasteiger partial charge is 0.233 e. The summed E-state index contributed by atoms with van der Waals surface area (Å²) in [5, 5.41) is 4.09. The first-order valence-corrected chi connectivity index (χ1v) is 11.4. The number of hydrogen-bond donors (Lipinski definition) is 1. The quantitative estimate of drug-likeness (QED) is 0.373. The first kappa shape index (κ1) is 23.1. The van der Waals surface area contributed by atoms with E-state index in [0.717, 1.165) is 16.2 Å². The van der Waals surface area contributed by atoms with Gasteiger partial charge in [-0.05, 0) is 42.8 Å². The van der Waals surface area contributed by atoms with Crippen molar-refractivity contribution >= 4 is 52.6 Å². The summed E-state index contributed by atoms with van der Waals surface area (Å²) < 4.78 is 10.5. The highest BCUT2D eigenvalue weighted by Gasteiger charge is 2.15. The van der Waals surface area contributed by atoms with Crippen molar-refractivity contribution in [3.05, 3.63) is 52.0 Å². The molecule has 152 valence electrons. The lowest BCUT2D eigenvalue weighted by Crippen LogP contribution is -2.32. The summed E-state index contributed by atoms with van der Waals surface area (Å²) in [5.74, 6) is 2.80. The van der Waals surface area contributed by atoms with Gasteiger partial charge in [-0.25, -0.2) is 0 Å². The molecule has 28 heavy (non-hydrogen) atoms. The number of hydrogen-bond acceptors (Lipinski definition) is 5. The molecule has 0 spiro atoms. The zero-order valence-corrected chi connectivity index (χ0v) is 19.1. The van der Waals surface area contributed by atoms with Crippen LogP contribution in [0.4, 0.5) is 0 Å². The minimum Gasteiger partial charge on any atom is -0.493 e. The molecule has 0 heterocycles. The molecule has 0 saturated carbocycles. The standard InChI is InChI=1S/C20H23Cl2NO3S2/c1-13(28-14-7-8-18(25-2)19(11-14)26-3)20(24)23-9-10-27-12-15-16(21)5-4-6-17(15)22/h4-8,11,13H,9-10,12H2,1-3H3,(H,23,24)/t13-/m0/s1. The van der Waals surface area contributed by atoms with Crippen molar-refractivity contribution < 1.29 is 14.3 Å². The zero-order valence-electron chi connectivity index (χ0n) is 16.0. The third-order valence-corrected chi connectivity index (χ3v) is 6.68. The maximum atomic E-state index is 12.3. The van der Waals surface area contributed by atoms with Crippen LogP contribution in [-0.2, 0) is 10.5 Å². The molecule has 0 fully saturated rings. The van der Waals surface area contributed by atoms with Gasteiger partial charge in [0.15, 0.2) is 11.5 Å². The molecule has 0 radical (unpaired) electrons. The van der Waals surface area contributed by atoms with E-state index in [1.807, 2.05) is 43.3 Å². The molecule has 1 N–H and O–H groups in total. The monoisotopic (exact) mass is 459 g/mol.